The summed E-state index contributed by atoms with van der Waals surface area (Å²) in [6.45, 7) is 0.981. The van der Waals surface area contributed by atoms with Gasteiger partial charge in [0.2, 0.25) is 0 Å². The molecule has 25 heavy (non-hydrogen) atoms. The molecule has 0 bridgehead atoms. The van der Waals surface area contributed by atoms with E-state index in [-0.39, 0.29) is 11.9 Å². The van der Waals surface area contributed by atoms with Gasteiger partial charge in [-0.2, -0.15) is 0 Å². The Morgan fingerprint density at radius 1 is 1.12 bits per heavy atom. The summed E-state index contributed by atoms with van der Waals surface area (Å²) in [4.78, 5) is 1.80. The maximum Gasteiger partial charge on any atom is 0.573 e. The van der Waals surface area contributed by atoms with Gasteiger partial charge < -0.3 is 20.1 Å². The molecule has 1 aliphatic heterocycles. The first-order valence-corrected chi connectivity index (χ1v) is 8.01. The molecule has 2 aromatic carbocycles. The van der Waals surface area contributed by atoms with Gasteiger partial charge in [-0.1, -0.05) is 23.7 Å². The number of benzene rings is 2. The van der Waals surface area contributed by atoms with Gasteiger partial charge in [0.05, 0.1) is 17.3 Å². The molecule has 0 amide bonds. The van der Waals surface area contributed by atoms with E-state index < -0.39 is 6.36 Å². The fraction of sp³-hybridized carbons (Fsp3) is 0.294. The summed E-state index contributed by atoms with van der Waals surface area (Å²) in [6, 6.07) is 11.0. The smallest absolute Gasteiger partial charge is 0.487 e. The molecule has 1 fully saturated rings. The summed E-state index contributed by atoms with van der Waals surface area (Å²) in [6.07, 6.45) is -4.27. The van der Waals surface area contributed by atoms with Crippen LogP contribution in [0.15, 0.2) is 42.5 Å². The van der Waals surface area contributed by atoms with Crippen LogP contribution in [0.5, 0.6) is 11.5 Å². The zero-order valence-electron chi connectivity index (χ0n) is 13.1. The molecule has 0 spiro atoms. The van der Waals surface area contributed by atoms with Gasteiger partial charge in [0.25, 0.3) is 0 Å². The lowest BCUT2D eigenvalue weighted by Crippen LogP contribution is -2.26. The van der Waals surface area contributed by atoms with E-state index in [9.17, 15) is 13.2 Å². The van der Waals surface area contributed by atoms with Crippen LogP contribution in [0.4, 0.5) is 24.5 Å². The lowest BCUT2D eigenvalue weighted by atomic mass is 10.2. The summed E-state index contributed by atoms with van der Waals surface area (Å²) < 4.78 is 47.7. The lowest BCUT2D eigenvalue weighted by Gasteiger charge is -2.22. The van der Waals surface area contributed by atoms with E-state index in [1.165, 1.54) is 12.1 Å². The normalized spacial score (nSPS) is 17.6. The van der Waals surface area contributed by atoms with Gasteiger partial charge in [-0.15, -0.1) is 13.2 Å². The van der Waals surface area contributed by atoms with E-state index >= 15 is 0 Å². The highest BCUT2D eigenvalue weighted by molar-refractivity contribution is 6.32. The number of hydrogen-bond donors (Lipinski definition) is 1. The van der Waals surface area contributed by atoms with E-state index in [4.69, 9.17) is 22.1 Å². The van der Waals surface area contributed by atoms with Crippen molar-refractivity contribution >= 4 is 23.0 Å². The number of nitrogens with zero attached hydrogens (tertiary/aromatic N) is 1. The third kappa shape index (κ3) is 4.42. The Kier molecular flexibility index (Phi) is 4.85. The molecule has 8 heteroatoms. The molecule has 2 N–H and O–H groups in total. The summed E-state index contributed by atoms with van der Waals surface area (Å²) >= 11 is 6.10. The van der Waals surface area contributed by atoms with Crippen LogP contribution in [0.2, 0.25) is 5.02 Å². The highest BCUT2D eigenvalue weighted by atomic mass is 35.5. The molecule has 134 valence electrons. The predicted molar refractivity (Wildman–Crippen MR) is 90.2 cm³/mol. The first kappa shape index (κ1) is 17.5. The van der Waals surface area contributed by atoms with Crippen molar-refractivity contribution < 1.29 is 22.6 Å². The molecule has 1 saturated heterocycles. The molecule has 0 aromatic heterocycles. The third-order valence-corrected chi connectivity index (χ3v) is 4.12. The van der Waals surface area contributed by atoms with Crippen LogP contribution in [-0.4, -0.2) is 25.6 Å². The fourth-order valence-electron chi connectivity index (χ4n) is 2.76. The van der Waals surface area contributed by atoms with Crippen molar-refractivity contribution in [2.24, 2.45) is 0 Å². The summed E-state index contributed by atoms with van der Waals surface area (Å²) in [5.41, 5.74) is 6.56. The van der Waals surface area contributed by atoms with Crippen LogP contribution in [0.1, 0.15) is 6.42 Å². The van der Waals surface area contributed by atoms with Gasteiger partial charge in [-0.3, -0.25) is 0 Å². The molecule has 1 heterocycles. The Balaban J connectivity index is 1.71. The van der Waals surface area contributed by atoms with Crippen molar-refractivity contribution in [2.45, 2.75) is 18.9 Å². The zero-order chi connectivity index (χ0) is 18.0. The van der Waals surface area contributed by atoms with Crippen molar-refractivity contribution in [2.75, 3.05) is 23.7 Å². The topological polar surface area (TPSA) is 47.7 Å². The minimum atomic E-state index is -4.73. The average molecular weight is 373 g/mol. The minimum absolute atomic E-state index is 0.194. The molecule has 2 aromatic rings. The predicted octanol–water partition coefficient (Wildman–Crippen LogP) is 4.48. The second kappa shape index (κ2) is 6.92. The quantitative estimate of drug-likeness (QED) is 0.804. The van der Waals surface area contributed by atoms with Crippen LogP contribution >= 0.6 is 11.6 Å². The van der Waals surface area contributed by atoms with E-state index in [1.54, 1.807) is 35.2 Å². The number of alkyl halides is 3. The number of para-hydroxylation sites is 2. The molecule has 4 nitrogen and oxygen atoms in total. The van der Waals surface area contributed by atoms with Gasteiger partial charge >= 0.3 is 6.36 Å². The molecular formula is C17H16ClF3N2O2. The van der Waals surface area contributed by atoms with E-state index in [1.807, 2.05) is 0 Å². The van der Waals surface area contributed by atoms with Crippen LogP contribution in [0, 0.1) is 0 Å². The van der Waals surface area contributed by atoms with Gasteiger partial charge in [0, 0.05) is 18.7 Å². The molecule has 1 unspecified atom stereocenters. The Hall–Kier alpha value is -2.28. The average Bonchev–Trinajstić information content (AvgIpc) is 2.97. The number of rotatable bonds is 4. The maximum absolute atomic E-state index is 12.6. The summed E-state index contributed by atoms with van der Waals surface area (Å²) in [5.74, 6) is 0.281. The second-order valence-corrected chi connectivity index (χ2v) is 6.09. The molecular weight excluding hydrogens is 357 g/mol. The van der Waals surface area contributed by atoms with Gasteiger partial charge in [-0.25, -0.2) is 0 Å². The van der Waals surface area contributed by atoms with Gasteiger partial charge in [0.1, 0.15) is 11.9 Å². The number of nitrogens with two attached hydrogens (primary N) is 1. The van der Waals surface area contributed by atoms with E-state index in [0.717, 1.165) is 0 Å². The molecule has 1 atom stereocenters. The van der Waals surface area contributed by atoms with Crippen LogP contribution in [-0.2, 0) is 0 Å². The van der Waals surface area contributed by atoms with Crippen LogP contribution in [0.3, 0.4) is 0 Å². The van der Waals surface area contributed by atoms with E-state index in [2.05, 4.69) is 4.74 Å². The van der Waals surface area contributed by atoms with Gasteiger partial charge in [-0.05, 0) is 30.3 Å². The largest absolute Gasteiger partial charge is 0.573 e. The molecule has 0 radical (unpaired) electrons. The Morgan fingerprint density at radius 3 is 2.60 bits per heavy atom. The fourth-order valence-corrected chi connectivity index (χ4v) is 3.00. The molecule has 3 rings (SSSR count). The number of hydrogen-bond acceptors (Lipinski definition) is 4. The monoisotopic (exact) mass is 372 g/mol. The first-order chi connectivity index (χ1) is 11.8. The maximum atomic E-state index is 12.6. The highest BCUT2D eigenvalue weighted by Crippen LogP contribution is 2.35. The number of halogens is 4. The summed E-state index contributed by atoms with van der Waals surface area (Å²) in [5, 5.41) is 0.402. The Bertz CT molecular complexity index is 755. The number of anilines is 2. The minimum Gasteiger partial charge on any atom is -0.487 e. The number of ether oxygens (including phenoxy) is 2. The van der Waals surface area contributed by atoms with Crippen molar-refractivity contribution in [3.8, 4) is 11.5 Å². The van der Waals surface area contributed by atoms with E-state index in [0.29, 0.717) is 41.7 Å². The standard InChI is InChI=1S/C17H16ClF3N2O2/c18-13-9-11(22)5-6-15(13)24-12-7-8-23(10-12)14-3-1-2-4-16(14)25-17(19,20)21/h1-6,9,12H,7-8,10,22H2. The Morgan fingerprint density at radius 2 is 1.88 bits per heavy atom. The van der Waals surface area contributed by atoms with Crippen LogP contribution in [0.25, 0.3) is 0 Å². The Labute approximate surface area is 147 Å². The summed E-state index contributed by atoms with van der Waals surface area (Å²) in [7, 11) is 0. The van der Waals surface area contributed by atoms with Gasteiger partial charge in [0.15, 0.2) is 5.75 Å². The molecule has 0 saturated carbocycles. The van der Waals surface area contributed by atoms with Crippen molar-refractivity contribution in [3.63, 3.8) is 0 Å². The molecule has 0 aliphatic carbocycles. The third-order valence-electron chi connectivity index (χ3n) is 3.83. The van der Waals surface area contributed by atoms with Crippen molar-refractivity contribution in [1.82, 2.24) is 0 Å². The van der Waals surface area contributed by atoms with Crippen LogP contribution < -0.4 is 20.1 Å². The SMILES string of the molecule is Nc1ccc(OC2CCN(c3ccccc3OC(F)(F)F)C2)c(Cl)c1. The number of nitrogen functional groups attached to an aromatic ring is 1. The second-order valence-electron chi connectivity index (χ2n) is 5.68. The zero-order valence-corrected chi connectivity index (χ0v) is 13.8. The lowest BCUT2D eigenvalue weighted by molar-refractivity contribution is -0.274. The first-order valence-electron chi connectivity index (χ1n) is 7.63. The molecule has 1 aliphatic rings. The highest BCUT2D eigenvalue weighted by Gasteiger charge is 2.34. The van der Waals surface area contributed by atoms with Crippen molar-refractivity contribution in [1.29, 1.82) is 0 Å². The van der Waals surface area contributed by atoms with Crippen molar-refractivity contribution in [3.05, 3.63) is 47.5 Å².